The molecule has 2 amide bonds. The molecule has 2 N–H and O–H groups in total. The molecule has 2 aliphatic heterocycles. The molecule has 1 unspecified atom stereocenters. The van der Waals surface area contributed by atoms with E-state index in [1.807, 2.05) is 0 Å². The Bertz CT molecular complexity index is 1110. The SMILES string of the molecule is CC1Oc2ccc(NC(=O)c3ccc4c(c3)CCCN4S(C)(=O)=O)cc2NC1=O. The second-order valence-electron chi connectivity index (χ2n) is 7.20. The minimum absolute atomic E-state index is 0.244. The van der Waals surface area contributed by atoms with E-state index in [1.165, 1.54) is 10.6 Å². The van der Waals surface area contributed by atoms with Crippen LogP contribution in [0.25, 0.3) is 0 Å². The molecule has 0 bridgehead atoms. The van der Waals surface area contributed by atoms with Crippen LogP contribution in [0.5, 0.6) is 5.75 Å². The average molecular weight is 415 g/mol. The molecular weight excluding hydrogens is 394 g/mol. The summed E-state index contributed by atoms with van der Waals surface area (Å²) in [6, 6.07) is 10.0. The summed E-state index contributed by atoms with van der Waals surface area (Å²) in [6.45, 7) is 2.11. The van der Waals surface area contributed by atoms with Gasteiger partial charge in [-0.3, -0.25) is 13.9 Å². The van der Waals surface area contributed by atoms with Crippen LogP contribution in [0.15, 0.2) is 36.4 Å². The number of carbonyl (C=O) groups is 2. The predicted octanol–water partition coefficient (Wildman–Crippen LogP) is 2.37. The van der Waals surface area contributed by atoms with Crippen LogP contribution in [0.1, 0.15) is 29.3 Å². The first kappa shape index (κ1) is 19.3. The van der Waals surface area contributed by atoms with Crippen molar-refractivity contribution in [3.8, 4) is 5.75 Å². The Hall–Kier alpha value is -3.07. The van der Waals surface area contributed by atoms with Crippen molar-refractivity contribution >= 4 is 38.9 Å². The molecule has 1 atom stereocenters. The lowest BCUT2D eigenvalue weighted by molar-refractivity contribution is -0.122. The molecule has 0 radical (unpaired) electrons. The van der Waals surface area contributed by atoms with Crippen LogP contribution in [0.3, 0.4) is 0 Å². The van der Waals surface area contributed by atoms with Gasteiger partial charge in [0.2, 0.25) is 10.0 Å². The molecule has 0 aliphatic carbocycles. The number of fused-ring (bicyclic) bond motifs is 2. The zero-order valence-electron chi connectivity index (χ0n) is 16.1. The van der Waals surface area contributed by atoms with E-state index in [2.05, 4.69) is 10.6 Å². The summed E-state index contributed by atoms with van der Waals surface area (Å²) in [6.07, 6.45) is 2.03. The normalized spacial score (nSPS) is 18.2. The zero-order valence-corrected chi connectivity index (χ0v) is 16.9. The van der Waals surface area contributed by atoms with Gasteiger partial charge in [0.25, 0.3) is 11.8 Å². The Morgan fingerprint density at radius 1 is 1.24 bits per heavy atom. The molecule has 8 nitrogen and oxygen atoms in total. The molecule has 2 aliphatic rings. The molecule has 2 heterocycles. The third kappa shape index (κ3) is 3.77. The van der Waals surface area contributed by atoms with Gasteiger partial charge in [0.15, 0.2) is 6.10 Å². The number of ether oxygens (including phenoxy) is 1. The van der Waals surface area contributed by atoms with E-state index in [4.69, 9.17) is 4.74 Å². The first-order chi connectivity index (χ1) is 13.7. The molecule has 0 saturated heterocycles. The maximum Gasteiger partial charge on any atom is 0.265 e. The Labute approximate surface area is 168 Å². The van der Waals surface area contributed by atoms with Crippen molar-refractivity contribution < 1.29 is 22.7 Å². The predicted molar refractivity (Wildman–Crippen MR) is 110 cm³/mol. The Morgan fingerprint density at radius 2 is 2.03 bits per heavy atom. The van der Waals surface area contributed by atoms with E-state index in [0.29, 0.717) is 47.8 Å². The van der Waals surface area contributed by atoms with E-state index in [-0.39, 0.29) is 11.8 Å². The van der Waals surface area contributed by atoms with Crippen molar-refractivity contribution in [3.63, 3.8) is 0 Å². The van der Waals surface area contributed by atoms with Crippen molar-refractivity contribution in [2.45, 2.75) is 25.9 Å². The van der Waals surface area contributed by atoms with Gasteiger partial charge in [-0.2, -0.15) is 0 Å². The van der Waals surface area contributed by atoms with Gasteiger partial charge >= 0.3 is 0 Å². The molecule has 0 spiro atoms. The maximum atomic E-state index is 12.7. The Morgan fingerprint density at radius 3 is 2.79 bits per heavy atom. The highest BCUT2D eigenvalue weighted by molar-refractivity contribution is 7.92. The third-order valence-corrected chi connectivity index (χ3v) is 6.17. The van der Waals surface area contributed by atoms with Crippen molar-refractivity contribution in [2.75, 3.05) is 27.7 Å². The number of carbonyl (C=O) groups excluding carboxylic acids is 2. The van der Waals surface area contributed by atoms with E-state index < -0.39 is 16.1 Å². The lowest BCUT2D eigenvalue weighted by Crippen LogP contribution is -2.34. The van der Waals surface area contributed by atoms with Gasteiger partial charge in [-0.05, 0) is 61.7 Å². The fourth-order valence-electron chi connectivity index (χ4n) is 3.54. The summed E-state index contributed by atoms with van der Waals surface area (Å²) in [5, 5.41) is 5.55. The highest BCUT2D eigenvalue weighted by Crippen LogP contribution is 2.33. The lowest BCUT2D eigenvalue weighted by atomic mass is 10.0. The van der Waals surface area contributed by atoms with Crippen molar-refractivity contribution in [2.24, 2.45) is 0 Å². The number of hydrogen-bond donors (Lipinski definition) is 2. The Balaban J connectivity index is 1.56. The average Bonchev–Trinajstić information content (AvgIpc) is 2.67. The molecule has 29 heavy (non-hydrogen) atoms. The largest absolute Gasteiger partial charge is 0.479 e. The molecule has 0 saturated carbocycles. The van der Waals surface area contributed by atoms with Crippen LogP contribution in [-0.4, -0.2) is 39.1 Å². The summed E-state index contributed by atoms with van der Waals surface area (Å²) in [5.74, 6) is -0.0171. The first-order valence-corrected chi connectivity index (χ1v) is 11.1. The smallest absolute Gasteiger partial charge is 0.265 e. The van der Waals surface area contributed by atoms with Gasteiger partial charge in [-0.1, -0.05) is 0 Å². The van der Waals surface area contributed by atoms with E-state index in [9.17, 15) is 18.0 Å². The topological polar surface area (TPSA) is 105 Å². The number of sulfonamides is 1. The van der Waals surface area contributed by atoms with Crippen LogP contribution in [0, 0.1) is 0 Å². The Kier molecular flexibility index (Phi) is 4.70. The number of nitrogens with zero attached hydrogens (tertiary/aromatic N) is 1. The first-order valence-electron chi connectivity index (χ1n) is 9.26. The molecule has 0 fully saturated rings. The second kappa shape index (κ2) is 7.07. The molecule has 4 rings (SSSR count). The van der Waals surface area contributed by atoms with Gasteiger partial charge in [0, 0.05) is 17.8 Å². The summed E-state index contributed by atoms with van der Waals surface area (Å²) in [7, 11) is -3.35. The van der Waals surface area contributed by atoms with Gasteiger partial charge < -0.3 is 15.4 Å². The van der Waals surface area contributed by atoms with Crippen molar-refractivity contribution in [1.29, 1.82) is 0 Å². The highest BCUT2D eigenvalue weighted by atomic mass is 32.2. The number of nitrogens with one attached hydrogen (secondary N) is 2. The monoisotopic (exact) mass is 415 g/mol. The molecule has 152 valence electrons. The second-order valence-corrected chi connectivity index (χ2v) is 9.10. The number of hydrogen-bond acceptors (Lipinski definition) is 5. The van der Waals surface area contributed by atoms with E-state index in [0.717, 1.165) is 5.56 Å². The fourth-order valence-corrected chi connectivity index (χ4v) is 4.53. The van der Waals surface area contributed by atoms with Crippen LogP contribution in [0.2, 0.25) is 0 Å². The maximum absolute atomic E-state index is 12.7. The van der Waals surface area contributed by atoms with Crippen LogP contribution < -0.4 is 19.7 Å². The van der Waals surface area contributed by atoms with Crippen LogP contribution in [-0.2, 0) is 21.2 Å². The number of rotatable bonds is 3. The van der Waals surface area contributed by atoms with E-state index >= 15 is 0 Å². The molecule has 2 aromatic rings. The van der Waals surface area contributed by atoms with Gasteiger partial charge in [0.05, 0.1) is 17.6 Å². The lowest BCUT2D eigenvalue weighted by Gasteiger charge is -2.29. The number of amides is 2. The summed E-state index contributed by atoms with van der Waals surface area (Å²) in [4.78, 5) is 24.5. The molecule has 2 aromatic carbocycles. The van der Waals surface area contributed by atoms with Crippen LogP contribution in [0.4, 0.5) is 17.1 Å². The third-order valence-electron chi connectivity index (χ3n) is 4.99. The van der Waals surface area contributed by atoms with Gasteiger partial charge in [-0.25, -0.2) is 8.42 Å². The van der Waals surface area contributed by atoms with Crippen molar-refractivity contribution in [1.82, 2.24) is 0 Å². The minimum Gasteiger partial charge on any atom is -0.479 e. The summed E-state index contributed by atoms with van der Waals surface area (Å²) < 4.78 is 30.8. The standard InChI is InChI=1S/C20H21N3O5S/c1-12-19(24)22-16-11-15(6-8-18(16)28-12)21-20(25)14-5-7-17-13(10-14)4-3-9-23(17)29(2,26)27/h5-8,10-12H,3-4,9H2,1-2H3,(H,21,25)(H,22,24). The fraction of sp³-hybridized carbons (Fsp3) is 0.300. The zero-order chi connectivity index (χ0) is 20.8. The quantitative estimate of drug-likeness (QED) is 0.801. The summed E-state index contributed by atoms with van der Waals surface area (Å²) in [5.41, 5.74) is 2.90. The van der Waals surface area contributed by atoms with Crippen LogP contribution >= 0.6 is 0 Å². The molecular formula is C20H21N3O5S. The van der Waals surface area contributed by atoms with Gasteiger partial charge in [-0.15, -0.1) is 0 Å². The number of aryl methyl sites for hydroxylation is 1. The highest BCUT2D eigenvalue weighted by Gasteiger charge is 2.26. The molecule has 0 aromatic heterocycles. The van der Waals surface area contributed by atoms with Gasteiger partial charge in [0.1, 0.15) is 5.75 Å². The van der Waals surface area contributed by atoms with E-state index in [1.54, 1.807) is 43.3 Å². The van der Waals surface area contributed by atoms with Crippen molar-refractivity contribution in [3.05, 3.63) is 47.5 Å². The summed E-state index contributed by atoms with van der Waals surface area (Å²) >= 11 is 0. The molecule has 9 heteroatoms. The minimum atomic E-state index is -3.35. The number of benzene rings is 2. The number of anilines is 3.